The Balaban J connectivity index is 2.06. The maximum absolute atomic E-state index is 12.4. The van der Waals surface area contributed by atoms with Crippen LogP contribution in [-0.2, 0) is 9.53 Å². The Morgan fingerprint density at radius 1 is 0.724 bits per heavy atom. The molecule has 2 aromatic rings. The second-order valence-electron chi connectivity index (χ2n) is 5.60. The molecular formula is C20H23NO8. The van der Waals surface area contributed by atoms with E-state index in [9.17, 15) is 9.59 Å². The molecule has 0 radical (unpaired) electrons. The molecule has 0 saturated carbocycles. The molecule has 0 bridgehead atoms. The molecule has 0 saturated heterocycles. The average Bonchev–Trinajstić information content (AvgIpc) is 2.76. The maximum Gasteiger partial charge on any atom is 0.342 e. The van der Waals surface area contributed by atoms with E-state index in [1.165, 1.54) is 47.7 Å². The molecule has 0 spiro atoms. The van der Waals surface area contributed by atoms with Gasteiger partial charge in [-0.2, -0.15) is 0 Å². The van der Waals surface area contributed by atoms with Crippen molar-refractivity contribution in [3.8, 4) is 28.7 Å². The van der Waals surface area contributed by atoms with Crippen molar-refractivity contribution < 1.29 is 38.0 Å². The molecule has 2 rings (SSSR count). The van der Waals surface area contributed by atoms with Crippen LogP contribution in [0.5, 0.6) is 28.7 Å². The topological polar surface area (TPSA) is 102 Å². The minimum Gasteiger partial charge on any atom is -0.496 e. The van der Waals surface area contributed by atoms with Gasteiger partial charge in [-0.3, -0.25) is 4.79 Å². The van der Waals surface area contributed by atoms with Crippen LogP contribution < -0.4 is 29.0 Å². The number of nitrogens with one attached hydrogen (secondary N) is 1. The molecule has 156 valence electrons. The summed E-state index contributed by atoms with van der Waals surface area (Å²) in [5, 5.41) is 2.62. The van der Waals surface area contributed by atoms with Crippen LogP contribution in [0.4, 0.5) is 5.69 Å². The molecule has 29 heavy (non-hydrogen) atoms. The third-order valence-corrected chi connectivity index (χ3v) is 3.93. The quantitative estimate of drug-likeness (QED) is 0.635. The van der Waals surface area contributed by atoms with Gasteiger partial charge in [0.2, 0.25) is 0 Å². The molecule has 9 nitrogen and oxygen atoms in total. The first-order valence-corrected chi connectivity index (χ1v) is 8.46. The predicted octanol–water partition coefficient (Wildman–Crippen LogP) is 2.53. The molecule has 0 fully saturated rings. The summed E-state index contributed by atoms with van der Waals surface area (Å²) >= 11 is 0. The van der Waals surface area contributed by atoms with Crippen LogP contribution in [0, 0.1) is 0 Å². The third-order valence-electron chi connectivity index (χ3n) is 3.93. The Morgan fingerprint density at radius 3 is 1.86 bits per heavy atom. The van der Waals surface area contributed by atoms with E-state index < -0.39 is 18.5 Å². The summed E-state index contributed by atoms with van der Waals surface area (Å²) in [6.07, 6.45) is 0. The molecular weight excluding hydrogens is 382 g/mol. The van der Waals surface area contributed by atoms with Crippen molar-refractivity contribution in [3.05, 3.63) is 35.9 Å². The zero-order chi connectivity index (χ0) is 21.4. The maximum atomic E-state index is 12.4. The monoisotopic (exact) mass is 405 g/mol. The number of esters is 1. The van der Waals surface area contributed by atoms with Gasteiger partial charge in [0, 0.05) is 23.9 Å². The van der Waals surface area contributed by atoms with Gasteiger partial charge in [-0.15, -0.1) is 0 Å². The smallest absolute Gasteiger partial charge is 0.342 e. The number of carbonyl (C=O) groups excluding carboxylic acids is 2. The first kappa shape index (κ1) is 21.7. The van der Waals surface area contributed by atoms with Crippen molar-refractivity contribution in [2.75, 3.05) is 47.5 Å². The number of rotatable bonds is 9. The zero-order valence-electron chi connectivity index (χ0n) is 16.9. The van der Waals surface area contributed by atoms with E-state index in [4.69, 9.17) is 28.4 Å². The van der Waals surface area contributed by atoms with Crippen molar-refractivity contribution in [1.82, 2.24) is 0 Å². The highest BCUT2D eigenvalue weighted by molar-refractivity contribution is 5.97. The van der Waals surface area contributed by atoms with Crippen LogP contribution in [0.3, 0.4) is 0 Å². The van der Waals surface area contributed by atoms with Crippen molar-refractivity contribution in [3.63, 3.8) is 0 Å². The summed E-state index contributed by atoms with van der Waals surface area (Å²) in [5.74, 6) is 0.667. The van der Waals surface area contributed by atoms with Crippen LogP contribution in [0.15, 0.2) is 30.3 Å². The summed E-state index contributed by atoms with van der Waals surface area (Å²) in [7, 11) is 7.31. The van der Waals surface area contributed by atoms with Gasteiger partial charge in [0.25, 0.3) is 5.91 Å². The highest BCUT2D eigenvalue weighted by atomic mass is 16.5. The van der Waals surface area contributed by atoms with E-state index >= 15 is 0 Å². The van der Waals surface area contributed by atoms with E-state index in [2.05, 4.69) is 5.32 Å². The Morgan fingerprint density at radius 2 is 1.28 bits per heavy atom. The van der Waals surface area contributed by atoms with E-state index in [0.717, 1.165) is 0 Å². The predicted molar refractivity (Wildman–Crippen MR) is 105 cm³/mol. The van der Waals surface area contributed by atoms with Gasteiger partial charge in [-0.1, -0.05) is 0 Å². The van der Waals surface area contributed by atoms with Crippen molar-refractivity contribution in [2.45, 2.75) is 0 Å². The molecule has 0 heterocycles. The van der Waals surface area contributed by atoms with Gasteiger partial charge < -0.3 is 33.7 Å². The van der Waals surface area contributed by atoms with Gasteiger partial charge in [0.1, 0.15) is 11.3 Å². The molecule has 1 N–H and O–H groups in total. The number of hydrogen-bond donors (Lipinski definition) is 1. The number of methoxy groups -OCH3 is 5. The van der Waals surface area contributed by atoms with Crippen LogP contribution >= 0.6 is 0 Å². The van der Waals surface area contributed by atoms with Gasteiger partial charge in [0.15, 0.2) is 29.6 Å². The molecule has 0 aliphatic rings. The number of amides is 1. The Hall–Kier alpha value is -3.62. The summed E-state index contributed by atoms with van der Waals surface area (Å²) in [6, 6.07) is 7.80. The van der Waals surface area contributed by atoms with Gasteiger partial charge in [0.05, 0.1) is 35.5 Å². The average molecular weight is 405 g/mol. The van der Waals surface area contributed by atoms with Crippen LogP contribution in [0.25, 0.3) is 0 Å². The Kier molecular flexibility index (Phi) is 7.53. The second-order valence-corrected chi connectivity index (χ2v) is 5.60. The minimum absolute atomic E-state index is 0.101. The highest BCUT2D eigenvalue weighted by Gasteiger charge is 2.20. The molecule has 0 aliphatic carbocycles. The first-order chi connectivity index (χ1) is 14.0. The fraction of sp³-hybridized carbons (Fsp3) is 0.300. The van der Waals surface area contributed by atoms with E-state index in [1.807, 2.05) is 0 Å². The second kappa shape index (κ2) is 10.1. The molecule has 0 aromatic heterocycles. The lowest BCUT2D eigenvalue weighted by atomic mass is 10.1. The summed E-state index contributed by atoms with van der Waals surface area (Å²) in [5.41, 5.74) is 0.566. The number of anilines is 1. The van der Waals surface area contributed by atoms with E-state index in [1.54, 1.807) is 18.2 Å². The molecule has 1 amide bonds. The minimum atomic E-state index is -0.745. The van der Waals surface area contributed by atoms with Gasteiger partial charge >= 0.3 is 5.97 Å². The SMILES string of the molecule is COc1ccc(NC(=O)COC(=O)c2cc(OC)c(OC)cc2OC)cc1OC. The molecule has 2 aromatic carbocycles. The molecule has 0 atom stereocenters. The van der Waals surface area contributed by atoms with E-state index in [0.29, 0.717) is 28.7 Å². The summed E-state index contributed by atoms with van der Waals surface area (Å²) in [6.45, 7) is -0.495. The standard InChI is InChI=1S/C20H23NO8/c1-24-14-7-6-12(8-16(14)26-3)21-19(22)11-29-20(23)13-9-17(27-4)18(28-5)10-15(13)25-2/h6-10H,11H2,1-5H3,(H,21,22). The molecule has 9 heteroatoms. The van der Waals surface area contributed by atoms with Crippen molar-refractivity contribution >= 4 is 17.6 Å². The van der Waals surface area contributed by atoms with Crippen molar-refractivity contribution in [2.24, 2.45) is 0 Å². The van der Waals surface area contributed by atoms with Crippen LogP contribution in [-0.4, -0.2) is 54.0 Å². The highest BCUT2D eigenvalue weighted by Crippen LogP contribution is 2.35. The van der Waals surface area contributed by atoms with Crippen LogP contribution in [0.1, 0.15) is 10.4 Å². The number of hydrogen-bond acceptors (Lipinski definition) is 8. The van der Waals surface area contributed by atoms with Gasteiger partial charge in [-0.25, -0.2) is 4.79 Å². The Labute approximate surface area is 168 Å². The summed E-state index contributed by atoms with van der Waals surface area (Å²) in [4.78, 5) is 24.6. The molecule has 0 aliphatic heterocycles. The zero-order valence-corrected chi connectivity index (χ0v) is 16.9. The van der Waals surface area contributed by atoms with Crippen molar-refractivity contribution in [1.29, 1.82) is 0 Å². The van der Waals surface area contributed by atoms with Crippen LogP contribution in [0.2, 0.25) is 0 Å². The lowest BCUT2D eigenvalue weighted by Gasteiger charge is -2.14. The Bertz CT molecular complexity index is 881. The fourth-order valence-electron chi connectivity index (χ4n) is 2.51. The first-order valence-electron chi connectivity index (χ1n) is 8.46. The summed E-state index contributed by atoms with van der Waals surface area (Å²) < 4.78 is 31.0. The largest absolute Gasteiger partial charge is 0.496 e. The fourth-order valence-corrected chi connectivity index (χ4v) is 2.51. The van der Waals surface area contributed by atoms with E-state index in [-0.39, 0.29) is 11.3 Å². The third kappa shape index (κ3) is 5.22. The molecule has 0 unspecified atom stereocenters. The number of carbonyl (C=O) groups is 2. The normalized spacial score (nSPS) is 9.97. The van der Waals surface area contributed by atoms with Gasteiger partial charge in [-0.05, 0) is 12.1 Å². The lowest BCUT2D eigenvalue weighted by molar-refractivity contribution is -0.119. The lowest BCUT2D eigenvalue weighted by Crippen LogP contribution is -2.21. The number of ether oxygens (including phenoxy) is 6. The number of benzene rings is 2.